The van der Waals surface area contributed by atoms with Crippen molar-refractivity contribution in [1.82, 2.24) is 0 Å². The number of carbonyl (C=O) groups is 1. The number of methoxy groups -OCH3 is 1. The number of allylic oxidation sites excluding steroid dienone is 1. The molecule has 0 amide bonds. The van der Waals surface area contributed by atoms with E-state index >= 15 is 0 Å². The minimum Gasteiger partial charge on any atom is -0.469 e. The number of para-hydroxylation sites is 2. The Morgan fingerprint density at radius 1 is 1.33 bits per heavy atom. The van der Waals surface area contributed by atoms with Crippen molar-refractivity contribution in [2.24, 2.45) is 4.99 Å². The molecule has 0 heterocycles. The quantitative estimate of drug-likeness (QED) is 0.534. The van der Waals surface area contributed by atoms with Crippen molar-refractivity contribution in [2.75, 3.05) is 26.1 Å². The maximum Gasteiger partial charge on any atom is 0.305 e. The Bertz CT molecular complexity index is 570. The molecule has 0 fully saturated rings. The average molecular weight is 334 g/mol. The normalized spacial score (nSPS) is 14.0. The van der Waals surface area contributed by atoms with Crippen LogP contribution in [0.15, 0.2) is 41.4 Å². The summed E-state index contributed by atoms with van der Waals surface area (Å²) in [6.45, 7) is 0. The Morgan fingerprint density at radius 3 is 2.71 bits per heavy atom. The van der Waals surface area contributed by atoms with Gasteiger partial charge in [0.15, 0.2) is 0 Å². The molecule has 0 aliphatic carbocycles. The Morgan fingerprint density at radius 2 is 2.04 bits per heavy atom. The average Bonchev–Trinajstić information content (AvgIpc) is 2.58. The number of hydrogen-bond acceptors (Lipinski definition) is 6. The summed E-state index contributed by atoms with van der Waals surface area (Å²) >= 11 is 0. The van der Waals surface area contributed by atoms with Gasteiger partial charge in [-0.25, -0.2) is 0 Å². The number of hydrogen-bond donors (Lipinski definition) is 2. The van der Waals surface area contributed by atoms with Crippen LogP contribution in [0.25, 0.3) is 0 Å². The van der Waals surface area contributed by atoms with Gasteiger partial charge in [-0.05, 0) is 31.1 Å². The number of aliphatic hydroxyl groups is 2. The Labute approximate surface area is 143 Å². The van der Waals surface area contributed by atoms with Crippen LogP contribution in [0, 0.1) is 0 Å². The molecule has 0 unspecified atom stereocenters. The second kappa shape index (κ2) is 10.6. The van der Waals surface area contributed by atoms with Gasteiger partial charge in [0, 0.05) is 26.7 Å². The first-order valence-corrected chi connectivity index (χ1v) is 7.86. The van der Waals surface area contributed by atoms with Gasteiger partial charge in [-0.1, -0.05) is 18.2 Å². The van der Waals surface area contributed by atoms with Crippen LogP contribution in [-0.2, 0) is 9.53 Å². The minimum absolute atomic E-state index is 0.229. The number of esters is 1. The van der Waals surface area contributed by atoms with Crippen LogP contribution >= 0.6 is 0 Å². The fourth-order valence-electron chi connectivity index (χ4n) is 2.09. The highest BCUT2D eigenvalue weighted by atomic mass is 16.5. The molecule has 2 atom stereocenters. The summed E-state index contributed by atoms with van der Waals surface area (Å²) in [6.07, 6.45) is 3.74. The smallest absolute Gasteiger partial charge is 0.305 e. The van der Waals surface area contributed by atoms with Crippen LogP contribution in [0.1, 0.15) is 19.3 Å². The number of aliphatic imine (C=N–C) groups is 1. The SMILES string of the molecule is COC(=O)CCC[C@H](O)[C@H](O)/C=C/C=N/c1ccccc1N(C)C. The summed E-state index contributed by atoms with van der Waals surface area (Å²) in [4.78, 5) is 17.3. The standard InChI is InChI=1S/C18H26N2O4/c1-20(2)15-9-5-4-8-14(15)19-13-7-11-17(22)16(21)10-6-12-18(23)24-3/h4-5,7-9,11,13,16-17,21-22H,6,10,12H2,1-3H3/b11-7+,19-13+/t16-,17+/m0/s1. The molecule has 0 spiro atoms. The molecule has 24 heavy (non-hydrogen) atoms. The van der Waals surface area contributed by atoms with Crippen molar-refractivity contribution in [1.29, 1.82) is 0 Å². The Kier molecular flexibility index (Phi) is 8.75. The van der Waals surface area contributed by atoms with Crippen molar-refractivity contribution in [3.8, 4) is 0 Å². The molecular weight excluding hydrogens is 308 g/mol. The molecule has 0 saturated heterocycles. The van der Waals surface area contributed by atoms with Gasteiger partial charge in [0.05, 0.1) is 30.7 Å². The van der Waals surface area contributed by atoms with Crippen LogP contribution in [0.3, 0.4) is 0 Å². The molecule has 0 saturated carbocycles. The van der Waals surface area contributed by atoms with Gasteiger partial charge in [-0.2, -0.15) is 0 Å². The highest BCUT2D eigenvalue weighted by Crippen LogP contribution is 2.25. The lowest BCUT2D eigenvalue weighted by atomic mass is 10.1. The molecular formula is C18H26N2O4. The lowest BCUT2D eigenvalue weighted by molar-refractivity contribution is -0.140. The van der Waals surface area contributed by atoms with Gasteiger partial charge in [0.2, 0.25) is 0 Å². The fraction of sp³-hybridized carbons (Fsp3) is 0.444. The molecule has 0 bridgehead atoms. The van der Waals surface area contributed by atoms with Crippen LogP contribution < -0.4 is 4.90 Å². The molecule has 0 aromatic heterocycles. The summed E-state index contributed by atoms with van der Waals surface area (Å²) < 4.78 is 4.52. The van der Waals surface area contributed by atoms with E-state index in [0.29, 0.717) is 12.8 Å². The van der Waals surface area contributed by atoms with Crippen LogP contribution in [0.2, 0.25) is 0 Å². The summed E-state index contributed by atoms with van der Waals surface area (Å²) in [5.74, 6) is -0.320. The fourth-order valence-corrected chi connectivity index (χ4v) is 2.09. The highest BCUT2D eigenvalue weighted by molar-refractivity contribution is 5.78. The van der Waals surface area contributed by atoms with E-state index in [0.717, 1.165) is 11.4 Å². The second-order valence-corrected chi connectivity index (χ2v) is 5.57. The maximum absolute atomic E-state index is 11.0. The number of carbonyl (C=O) groups excluding carboxylic acids is 1. The van der Waals surface area contributed by atoms with Gasteiger partial charge < -0.3 is 19.8 Å². The van der Waals surface area contributed by atoms with Crippen molar-refractivity contribution < 1.29 is 19.7 Å². The van der Waals surface area contributed by atoms with Gasteiger partial charge >= 0.3 is 5.97 Å². The number of aliphatic hydroxyl groups excluding tert-OH is 2. The van der Waals surface area contributed by atoms with Crippen molar-refractivity contribution >= 4 is 23.6 Å². The van der Waals surface area contributed by atoms with E-state index in [1.54, 1.807) is 12.3 Å². The number of anilines is 1. The predicted octanol–water partition coefficient (Wildman–Crippen LogP) is 2.08. The van der Waals surface area contributed by atoms with Gasteiger partial charge in [0.1, 0.15) is 0 Å². The lowest BCUT2D eigenvalue weighted by Gasteiger charge is -2.14. The van der Waals surface area contributed by atoms with Gasteiger partial charge in [-0.15, -0.1) is 0 Å². The molecule has 1 aromatic rings. The molecule has 0 aliphatic heterocycles. The van der Waals surface area contributed by atoms with E-state index < -0.39 is 12.2 Å². The first kappa shape index (κ1) is 19.9. The molecule has 6 heteroatoms. The third-order valence-corrected chi connectivity index (χ3v) is 3.47. The highest BCUT2D eigenvalue weighted by Gasteiger charge is 2.13. The third kappa shape index (κ3) is 6.93. The van der Waals surface area contributed by atoms with Crippen molar-refractivity contribution in [3.63, 3.8) is 0 Å². The lowest BCUT2D eigenvalue weighted by Crippen LogP contribution is -2.23. The zero-order chi connectivity index (χ0) is 17.9. The van der Waals surface area contributed by atoms with E-state index in [2.05, 4.69) is 9.73 Å². The number of benzene rings is 1. The summed E-state index contributed by atoms with van der Waals surface area (Å²) in [5.41, 5.74) is 1.81. The van der Waals surface area contributed by atoms with Crippen molar-refractivity contribution in [3.05, 3.63) is 36.4 Å². The monoisotopic (exact) mass is 334 g/mol. The molecule has 0 aliphatic rings. The molecule has 1 aromatic carbocycles. The van der Waals surface area contributed by atoms with Crippen LogP contribution in [0.5, 0.6) is 0 Å². The topological polar surface area (TPSA) is 82.4 Å². The molecule has 2 N–H and O–H groups in total. The number of ether oxygens (including phenoxy) is 1. The Hall–Kier alpha value is -2.18. The number of nitrogens with zero attached hydrogens (tertiary/aromatic N) is 2. The first-order valence-electron chi connectivity index (χ1n) is 7.86. The van der Waals surface area contributed by atoms with Crippen LogP contribution in [0.4, 0.5) is 11.4 Å². The van der Waals surface area contributed by atoms with E-state index in [4.69, 9.17) is 0 Å². The number of rotatable bonds is 9. The Balaban J connectivity index is 2.49. The predicted molar refractivity (Wildman–Crippen MR) is 95.9 cm³/mol. The second-order valence-electron chi connectivity index (χ2n) is 5.57. The maximum atomic E-state index is 11.0. The van der Waals surface area contributed by atoms with Crippen molar-refractivity contribution in [2.45, 2.75) is 31.5 Å². The van der Waals surface area contributed by atoms with E-state index in [1.807, 2.05) is 43.3 Å². The zero-order valence-corrected chi connectivity index (χ0v) is 14.4. The minimum atomic E-state index is -1.00. The molecule has 0 radical (unpaired) electrons. The third-order valence-electron chi connectivity index (χ3n) is 3.47. The summed E-state index contributed by atoms with van der Waals surface area (Å²) in [6, 6.07) is 7.72. The summed E-state index contributed by atoms with van der Waals surface area (Å²) in [7, 11) is 5.21. The van der Waals surface area contributed by atoms with E-state index in [-0.39, 0.29) is 12.4 Å². The first-order chi connectivity index (χ1) is 11.5. The van der Waals surface area contributed by atoms with Crippen LogP contribution in [-0.4, -0.2) is 55.8 Å². The zero-order valence-electron chi connectivity index (χ0n) is 14.4. The largest absolute Gasteiger partial charge is 0.469 e. The summed E-state index contributed by atoms with van der Waals surface area (Å²) in [5, 5.41) is 19.7. The van der Waals surface area contributed by atoms with Gasteiger partial charge in [-0.3, -0.25) is 9.79 Å². The van der Waals surface area contributed by atoms with E-state index in [1.165, 1.54) is 13.2 Å². The molecule has 1 rings (SSSR count). The van der Waals surface area contributed by atoms with Gasteiger partial charge in [0.25, 0.3) is 0 Å². The molecule has 132 valence electrons. The van der Waals surface area contributed by atoms with E-state index in [9.17, 15) is 15.0 Å². The molecule has 6 nitrogen and oxygen atoms in total.